The van der Waals surface area contributed by atoms with Gasteiger partial charge in [0.2, 0.25) is 5.91 Å². The van der Waals surface area contributed by atoms with Crippen LogP contribution in [0.5, 0.6) is 0 Å². The second-order valence-electron chi connectivity index (χ2n) is 6.31. The molecule has 2 aliphatic rings. The van der Waals surface area contributed by atoms with Gasteiger partial charge in [0.05, 0.1) is 0 Å². The van der Waals surface area contributed by atoms with Gasteiger partial charge < -0.3 is 0 Å². The maximum absolute atomic E-state index is 12.6. The summed E-state index contributed by atoms with van der Waals surface area (Å²) in [6, 6.07) is 0. The molecule has 0 amide bonds. The molecule has 2 aromatic heterocycles. The second kappa shape index (κ2) is 3.93. The highest BCUT2D eigenvalue weighted by Gasteiger charge is 2.42. The molecule has 0 saturated heterocycles. The summed E-state index contributed by atoms with van der Waals surface area (Å²) in [7, 11) is 1.55. The zero-order chi connectivity index (χ0) is 14.8. The van der Waals surface area contributed by atoms with Crippen LogP contribution in [0.2, 0.25) is 0 Å². The molecule has 0 unspecified atom stereocenters. The Morgan fingerprint density at radius 2 is 1.86 bits per heavy atom. The second-order valence-corrected chi connectivity index (χ2v) is 6.31. The van der Waals surface area contributed by atoms with Crippen LogP contribution in [0.1, 0.15) is 42.7 Å². The zero-order valence-electron chi connectivity index (χ0n) is 11.8. The Bertz CT molecular complexity index is 880. The van der Waals surface area contributed by atoms with Gasteiger partial charge >= 0.3 is 5.69 Å². The Hall–Kier alpha value is -2.18. The number of hydrogen-bond donors (Lipinski definition) is 1. The van der Waals surface area contributed by atoms with Gasteiger partial charge in [-0.2, -0.15) is 0 Å². The van der Waals surface area contributed by atoms with Gasteiger partial charge in [0.1, 0.15) is 5.82 Å². The highest BCUT2D eigenvalue weighted by Crippen LogP contribution is 2.46. The van der Waals surface area contributed by atoms with Crippen LogP contribution in [0.3, 0.4) is 0 Å². The Morgan fingerprint density at radius 1 is 1.14 bits per heavy atom. The smallest absolute Gasteiger partial charge is 0.279 e. The molecule has 110 valence electrons. The van der Waals surface area contributed by atoms with Crippen LogP contribution in [-0.4, -0.2) is 25.0 Å². The number of hydrogen-bond acceptors (Lipinski definition) is 4. The van der Waals surface area contributed by atoms with E-state index in [-0.39, 0.29) is 16.8 Å². The largest absolute Gasteiger partial charge is 0.329 e. The number of imidazole rings is 1. The fraction of sp³-hybridized carbons (Fsp3) is 0.571. The lowest BCUT2D eigenvalue weighted by Crippen LogP contribution is -2.36. The predicted molar refractivity (Wildman–Crippen MR) is 75.4 cm³/mol. The first kappa shape index (κ1) is 12.6. The van der Waals surface area contributed by atoms with E-state index in [1.165, 1.54) is 9.13 Å². The van der Waals surface area contributed by atoms with Gasteiger partial charge in [-0.15, -0.1) is 0 Å². The summed E-state index contributed by atoms with van der Waals surface area (Å²) in [6.07, 6.45) is 5.54. The maximum Gasteiger partial charge on any atom is 0.329 e. The van der Waals surface area contributed by atoms with Crippen molar-refractivity contribution in [3.63, 3.8) is 0 Å². The van der Waals surface area contributed by atoms with E-state index in [4.69, 9.17) is 0 Å². The molecule has 2 aromatic rings. The van der Waals surface area contributed by atoms with Crippen LogP contribution < -0.4 is 11.2 Å². The Kier molecular flexibility index (Phi) is 2.35. The lowest BCUT2D eigenvalue weighted by Gasteiger charge is -2.32. The van der Waals surface area contributed by atoms with Crippen molar-refractivity contribution < 1.29 is 4.79 Å². The van der Waals surface area contributed by atoms with Crippen molar-refractivity contribution in [3.05, 3.63) is 26.7 Å². The van der Waals surface area contributed by atoms with Crippen molar-refractivity contribution in [2.45, 2.75) is 38.5 Å². The molecule has 21 heavy (non-hydrogen) atoms. The van der Waals surface area contributed by atoms with Gasteiger partial charge in [-0.3, -0.25) is 23.7 Å². The molecule has 7 nitrogen and oxygen atoms in total. The molecule has 3 heterocycles. The summed E-state index contributed by atoms with van der Waals surface area (Å²) in [5.74, 6) is 0.541. The first-order valence-electron chi connectivity index (χ1n) is 7.25. The average Bonchev–Trinajstić information content (AvgIpc) is 3.01. The number of H-pyrrole nitrogens is 1. The maximum atomic E-state index is 12.6. The van der Waals surface area contributed by atoms with Gasteiger partial charge in [0, 0.05) is 19.9 Å². The van der Waals surface area contributed by atoms with Crippen LogP contribution in [0.25, 0.3) is 11.2 Å². The van der Waals surface area contributed by atoms with Crippen molar-refractivity contribution in [3.8, 4) is 0 Å². The summed E-state index contributed by atoms with van der Waals surface area (Å²) < 4.78 is 2.70. The van der Waals surface area contributed by atoms with Gasteiger partial charge in [-0.25, -0.2) is 9.78 Å². The average molecular weight is 288 g/mol. The molecule has 0 radical (unpaired) electrons. The molecule has 1 N–H and O–H groups in total. The third kappa shape index (κ3) is 1.60. The van der Waals surface area contributed by atoms with E-state index >= 15 is 0 Å². The number of carbonyl (C=O) groups excluding carboxylic acids is 1. The molecule has 1 aliphatic heterocycles. The number of fused-ring (bicyclic) bond motifs is 3. The predicted octanol–water partition coefficient (Wildman–Crippen LogP) is 0.570. The quantitative estimate of drug-likeness (QED) is 0.767. The number of aromatic amines is 1. The number of aryl methyl sites for hydroxylation is 1. The van der Waals surface area contributed by atoms with Gasteiger partial charge in [0.25, 0.3) is 5.56 Å². The molecule has 4 rings (SSSR count). The fourth-order valence-corrected chi connectivity index (χ4v) is 3.89. The van der Waals surface area contributed by atoms with Crippen LogP contribution in [0, 0.1) is 5.41 Å². The molecule has 7 heteroatoms. The van der Waals surface area contributed by atoms with Crippen molar-refractivity contribution in [1.82, 2.24) is 19.1 Å². The molecule has 1 spiro atoms. The summed E-state index contributed by atoms with van der Waals surface area (Å²) in [5.41, 5.74) is -0.541. The highest BCUT2D eigenvalue weighted by atomic mass is 16.2. The summed E-state index contributed by atoms with van der Waals surface area (Å²) in [5, 5.41) is 0. The van der Waals surface area contributed by atoms with E-state index in [1.807, 2.05) is 0 Å². The minimum atomic E-state index is -0.539. The van der Waals surface area contributed by atoms with E-state index < -0.39 is 11.2 Å². The summed E-state index contributed by atoms with van der Waals surface area (Å²) in [4.78, 5) is 43.0. The summed E-state index contributed by atoms with van der Waals surface area (Å²) in [6.45, 7) is 0. The molecular formula is C14H16N4O3. The third-order valence-electron chi connectivity index (χ3n) is 4.96. The van der Waals surface area contributed by atoms with Crippen molar-refractivity contribution >= 4 is 17.1 Å². The van der Waals surface area contributed by atoms with Crippen LogP contribution >= 0.6 is 0 Å². The molecule has 1 fully saturated rings. The Labute approximate surface area is 119 Å². The lowest BCUT2D eigenvalue weighted by atomic mass is 9.77. The molecule has 0 aromatic carbocycles. The normalized spacial score (nSPS) is 20.3. The number of rotatable bonds is 0. The van der Waals surface area contributed by atoms with E-state index in [9.17, 15) is 14.4 Å². The number of aromatic nitrogens is 4. The van der Waals surface area contributed by atoms with Crippen LogP contribution in [0.4, 0.5) is 0 Å². The monoisotopic (exact) mass is 288 g/mol. The molecule has 0 atom stereocenters. The van der Waals surface area contributed by atoms with Gasteiger partial charge in [0.15, 0.2) is 11.2 Å². The summed E-state index contributed by atoms with van der Waals surface area (Å²) >= 11 is 0. The third-order valence-corrected chi connectivity index (χ3v) is 4.96. The lowest BCUT2D eigenvalue weighted by molar-refractivity contribution is 0.0783. The standard InChI is InChI=1S/C14H16N4O3/c1-17-11-10(12(20)16-13(17)21)18-8(15-11)6-14(7-9(18)19)4-2-3-5-14/h2-7H2,1H3,(H,16,20,21). The van der Waals surface area contributed by atoms with Crippen LogP contribution in [-0.2, 0) is 13.5 Å². The molecule has 0 bridgehead atoms. The number of nitrogens with one attached hydrogen (secondary N) is 1. The van der Waals surface area contributed by atoms with E-state index in [2.05, 4.69) is 9.97 Å². The number of carbonyl (C=O) groups is 1. The molecule has 1 saturated carbocycles. The Balaban J connectivity index is 2.02. The van der Waals surface area contributed by atoms with Crippen molar-refractivity contribution in [1.29, 1.82) is 0 Å². The Morgan fingerprint density at radius 3 is 2.57 bits per heavy atom. The van der Waals surface area contributed by atoms with Gasteiger partial charge in [-0.1, -0.05) is 12.8 Å². The SMILES string of the molecule is Cn1c(=O)[nH]c(=O)c2c1nc1n2C(=O)CC2(CCCC2)C1. The van der Waals surface area contributed by atoms with Gasteiger partial charge in [-0.05, 0) is 18.3 Å². The highest BCUT2D eigenvalue weighted by molar-refractivity contribution is 5.91. The first-order valence-corrected chi connectivity index (χ1v) is 7.25. The minimum absolute atomic E-state index is 0.0140. The van der Waals surface area contributed by atoms with E-state index in [0.29, 0.717) is 24.3 Å². The molecular weight excluding hydrogens is 272 g/mol. The van der Waals surface area contributed by atoms with Crippen LogP contribution in [0.15, 0.2) is 9.59 Å². The molecule has 1 aliphatic carbocycles. The fourth-order valence-electron chi connectivity index (χ4n) is 3.89. The number of nitrogens with zero attached hydrogens (tertiary/aromatic N) is 3. The van der Waals surface area contributed by atoms with Crippen molar-refractivity contribution in [2.75, 3.05) is 0 Å². The van der Waals surface area contributed by atoms with E-state index in [0.717, 1.165) is 25.7 Å². The topological polar surface area (TPSA) is 89.8 Å². The van der Waals surface area contributed by atoms with E-state index in [1.54, 1.807) is 7.05 Å². The minimum Gasteiger partial charge on any atom is -0.279 e. The first-order chi connectivity index (χ1) is 10.0. The zero-order valence-corrected chi connectivity index (χ0v) is 11.8. The van der Waals surface area contributed by atoms with Crippen molar-refractivity contribution in [2.24, 2.45) is 12.5 Å².